The maximum Gasteiger partial charge on any atom is 0.237 e. The molecule has 1 fully saturated rings. The monoisotopic (exact) mass is 299 g/mol. The van der Waals surface area contributed by atoms with Gasteiger partial charge >= 0.3 is 0 Å². The summed E-state index contributed by atoms with van der Waals surface area (Å²) in [5.74, 6) is 1.13. The minimum Gasteiger partial charge on any atom is -0.476 e. The van der Waals surface area contributed by atoms with Crippen LogP contribution in [-0.2, 0) is 0 Å². The van der Waals surface area contributed by atoms with Gasteiger partial charge in [0.05, 0.1) is 12.3 Å². The molecule has 0 saturated carbocycles. The SMILES string of the molecule is CN1CCCC(COc2ncc(Br)cc2N)C1. The van der Waals surface area contributed by atoms with Gasteiger partial charge < -0.3 is 15.4 Å². The van der Waals surface area contributed by atoms with E-state index in [-0.39, 0.29) is 0 Å². The van der Waals surface area contributed by atoms with Crippen molar-refractivity contribution in [3.8, 4) is 5.88 Å². The Kier molecular flexibility index (Phi) is 4.23. The minimum absolute atomic E-state index is 0.543. The van der Waals surface area contributed by atoms with Gasteiger partial charge in [-0.05, 0) is 48.4 Å². The zero-order valence-electron chi connectivity index (χ0n) is 10.0. The Bertz CT molecular complexity index is 386. The summed E-state index contributed by atoms with van der Waals surface area (Å²) in [5, 5.41) is 0. The third-order valence-electron chi connectivity index (χ3n) is 3.02. The van der Waals surface area contributed by atoms with E-state index < -0.39 is 0 Å². The number of rotatable bonds is 3. The molecule has 2 heterocycles. The van der Waals surface area contributed by atoms with Gasteiger partial charge in [-0.15, -0.1) is 0 Å². The summed E-state index contributed by atoms with van der Waals surface area (Å²) in [6.45, 7) is 2.98. The number of hydrogen-bond acceptors (Lipinski definition) is 4. The van der Waals surface area contributed by atoms with Gasteiger partial charge in [0.2, 0.25) is 5.88 Å². The molecule has 1 aliphatic rings. The molecule has 1 aromatic rings. The maximum atomic E-state index is 5.84. The summed E-state index contributed by atoms with van der Waals surface area (Å²) in [7, 11) is 2.15. The first-order chi connectivity index (χ1) is 8.15. The van der Waals surface area contributed by atoms with E-state index in [0.717, 1.165) is 11.0 Å². The molecule has 2 rings (SSSR count). The summed E-state index contributed by atoms with van der Waals surface area (Å²) in [6, 6.07) is 1.81. The fraction of sp³-hybridized carbons (Fsp3) is 0.583. The van der Waals surface area contributed by atoms with Crippen LogP contribution in [0.15, 0.2) is 16.7 Å². The molecule has 1 saturated heterocycles. The lowest BCUT2D eigenvalue weighted by Crippen LogP contribution is -2.34. The van der Waals surface area contributed by atoms with Gasteiger partial charge in [-0.2, -0.15) is 0 Å². The van der Waals surface area contributed by atoms with Crippen LogP contribution in [-0.4, -0.2) is 36.6 Å². The number of aromatic nitrogens is 1. The number of likely N-dealkylation sites (tertiary alicyclic amines) is 1. The second kappa shape index (κ2) is 5.69. The Balaban J connectivity index is 1.88. The zero-order chi connectivity index (χ0) is 12.3. The number of hydrogen-bond donors (Lipinski definition) is 1. The molecular weight excluding hydrogens is 282 g/mol. The van der Waals surface area contributed by atoms with Crippen molar-refractivity contribution in [1.82, 2.24) is 9.88 Å². The topological polar surface area (TPSA) is 51.4 Å². The van der Waals surface area contributed by atoms with Crippen LogP contribution in [0.4, 0.5) is 5.69 Å². The normalized spacial score (nSPS) is 21.4. The molecule has 0 radical (unpaired) electrons. The van der Waals surface area contributed by atoms with Crippen molar-refractivity contribution in [2.24, 2.45) is 5.92 Å². The molecule has 1 atom stereocenters. The second-order valence-electron chi connectivity index (χ2n) is 4.63. The van der Waals surface area contributed by atoms with Crippen molar-refractivity contribution < 1.29 is 4.74 Å². The second-order valence-corrected chi connectivity index (χ2v) is 5.55. The van der Waals surface area contributed by atoms with Gasteiger partial charge in [0.1, 0.15) is 0 Å². The van der Waals surface area contributed by atoms with E-state index in [1.807, 2.05) is 6.07 Å². The number of anilines is 1. The summed E-state index contributed by atoms with van der Waals surface area (Å²) in [4.78, 5) is 6.52. The first-order valence-electron chi connectivity index (χ1n) is 5.87. The van der Waals surface area contributed by atoms with Crippen LogP contribution in [0.3, 0.4) is 0 Å². The molecule has 0 spiro atoms. The van der Waals surface area contributed by atoms with Crippen LogP contribution in [0.25, 0.3) is 0 Å². The fourth-order valence-electron chi connectivity index (χ4n) is 2.17. The van der Waals surface area contributed by atoms with Crippen LogP contribution < -0.4 is 10.5 Å². The van der Waals surface area contributed by atoms with Crippen LogP contribution in [0.1, 0.15) is 12.8 Å². The number of ether oxygens (including phenoxy) is 1. The molecule has 94 valence electrons. The quantitative estimate of drug-likeness (QED) is 0.929. The molecule has 1 aromatic heterocycles. The van der Waals surface area contributed by atoms with E-state index >= 15 is 0 Å². The summed E-state index contributed by atoms with van der Waals surface area (Å²) in [5.41, 5.74) is 6.42. The third kappa shape index (κ3) is 3.57. The largest absolute Gasteiger partial charge is 0.476 e. The van der Waals surface area contributed by atoms with Crippen LogP contribution in [0.2, 0.25) is 0 Å². The van der Waals surface area contributed by atoms with Crippen molar-refractivity contribution in [2.45, 2.75) is 12.8 Å². The first kappa shape index (κ1) is 12.6. The van der Waals surface area contributed by atoms with E-state index in [4.69, 9.17) is 10.5 Å². The van der Waals surface area contributed by atoms with E-state index in [9.17, 15) is 0 Å². The van der Waals surface area contributed by atoms with E-state index in [0.29, 0.717) is 24.1 Å². The fourth-order valence-corrected chi connectivity index (χ4v) is 2.52. The molecule has 0 aliphatic carbocycles. The van der Waals surface area contributed by atoms with E-state index in [2.05, 4.69) is 32.9 Å². The molecule has 0 aromatic carbocycles. The van der Waals surface area contributed by atoms with Crippen LogP contribution in [0, 0.1) is 5.92 Å². The highest BCUT2D eigenvalue weighted by Gasteiger charge is 2.18. The van der Waals surface area contributed by atoms with Gasteiger partial charge in [-0.1, -0.05) is 0 Å². The smallest absolute Gasteiger partial charge is 0.237 e. The molecule has 0 amide bonds. The summed E-state index contributed by atoms with van der Waals surface area (Å²) in [6.07, 6.45) is 4.17. The highest BCUT2D eigenvalue weighted by molar-refractivity contribution is 9.10. The lowest BCUT2D eigenvalue weighted by atomic mass is 10.00. The molecule has 0 bridgehead atoms. The van der Waals surface area contributed by atoms with Gasteiger partial charge in [-0.3, -0.25) is 0 Å². The standard InChI is InChI=1S/C12H18BrN3O/c1-16-4-2-3-9(7-16)8-17-12-11(14)5-10(13)6-15-12/h5-6,9H,2-4,7-8,14H2,1H3. The Morgan fingerprint density at radius 2 is 2.47 bits per heavy atom. The Hall–Kier alpha value is -0.810. The van der Waals surface area contributed by atoms with Gasteiger partial charge in [-0.25, -0.2) is 4.98 Å². The van der Waals surface area contributed by atoms with E-state index in [1.165, 1.54) is 19.4 Å². The lowest BCUT2D eigenvalue weighted by molar-refractivity contribution is 0.148. The molecule has 2 N–H and O–H groups in total. The Morgan fingerprint density at radius 1 is 1.65 bits per heavy atom. The molecular formula is C12H18BrN3O. The summed E-state index contributed by atoms with van der Waals surface area (Å²) >= 11 is 3.33. The predicted molar refractivity (Wildman–Crippen MR) is 72.1 cm³/mol. The Morgan fingerprint density at radius 3 is 3.18 bits per heavy atom. The highest BCUT2D eigenvalue weighted by atomic mass is 79.9. The van der Waals surface area contributed by atoms with Gasteiger partial charge in [0.15, 0.2) is 0 Å². The van der Waals surface area contributed by atoms with Crippen molar-refractivity contribution in [2.75, 3.05) is 32.5 Å². The van der Waals surface area contributed by atoms with Crippen LogP contribution >= 0.6 is 15.9 Å². The van der Waals surface area contributed by atoms with Crippen molar-refractivity contribution in [3.63, 3.8) is 0 Å². The van der Waals surface area contributed by atoms with Crippen molar-refractivity contribution in [3.05, 3.63) is 16.7 Å². The van der Waals surface area contributed by atoms with Crippen molar-refractivity contribution >= 4 is 21.6 Å². The molecule has 1 aliphatic heterocycles. The number of nitrogen functional groups attached to an aromatic ring is 1. The van der Waals surface area contributed by atoms with Gasteiger partial charge in [0.25, 0.3) is 0 Å². The number of nitrogens with zero attached hydrogens (tertiary/aromatic N) is 2. The van der Waals surface area contributed by atoms with Crippen LogP contribution in [0.5, 0.6) is 5.88 Å². The number of pyridine rings is 1. The number of halogens is 1. The minimum atomic E-state index is 0.543. The highest BCUT2D eigenvalue weighted by Crippen LogP contribution is 2.23. The summed E-state index contributed by atoms with van der Waals surface area (Å²) < 4.78 is 6.57. The third-order valence-corrected chi connectivity index (χ3v) is 3.46. The van der Waals surface area contributed by atoms with E-state index in [1.54, 1.807) is 6.20 Å². The molecule has 5 heteroatoms. The Labute approximate surface area is 110 Å². The zero-order valence-corrected chi connectivity index (χ0v) is 11.6. The average Bonchev–Trinajstić information content (AvgIpc) is 2.28. The predicted octanol–water partition coefficient (Wildman–Crippen LogP) is 2.15. The number of piperidine rings is 1. The average molecular weight is 300 g/mol. The molecule has 4 nitrogen and oxygen atoms in total. The number of nitrogens with two attached hydrogens (primary N) is 1. The first-order valence-corrected chi connectivity index (χ1v) is 6.67. The molecule has 17 heavy (non-hydrogen) atoms. The van der Waals surface area contributed by atoms with Crippen molar-refractivity contribution in [1.29, 1.82) is 0 Å². The maximum absolute atomic E-state index is 5.84. The lowest BCUT2D eigenvalue weighted by Gasteiger charge is -2.29. The van der Waals surface area contributed by atoms with Gasteiger partial charge in [0, 0.05) is 23.1 Å². The molecule has 1 unspecified atom stereocenters.